The molecule has 2 heterocycles. The quantitative estimate of drug-likeness (QED) is 0.743. The number of allylic oxidation sites excluding steroid dienone is 1. The van der Waals surface area contributed by atoms with Crippen LogP contribution in [0.3, 0.4) is 0 Å². The van der Waals surface area contributed by atoms with E-state index in [9.17, 15) is 9.18 Å². The van der Waals surface area contributed by atoms with Crippen LogP contribution in [0.2, 0.25) is 0 Å². The van der Waals surface area contributed by atoms with Crippen molar-refractivity contribution in [3.8, 4) is 0 Å². The van der Waals surface area contributed by atoms with Gasteiger partial charge in [0.2, 0.25) is 5.95 Å². The molecule has 0 radical (unpaired) electrons. The number of hydrogen-bond acceptors (Lipinski definition) is 5. The molecule has 0 aliphatic carbocycles. The smallest absolute Gasteiger partial charge is 0.251 e. The van der Waals surface area contributed by atoms with Crippen LogP contribution in [0, 0.1) is 5.82 Å². The van der Waals surface area contributed by atoms with Gasteiger partial charge in [-0.2, -0.15) is 4.68 Å². The van der Waals surface area contributed by atoms with Gasteiger partial charge in [0.15, 0.2) is 0 Å². The number of nitrogens with zero attached hydrogens (tertiary/aromatic N) is 4. The summed E-state index contributed by atoms with van der Waals surface area (Å²) in [6.45, 7) is 2.12. The Labute approximate surface area is 154 Å². The summed E-state index contributed by atoms with van der Waals surface area (Å²) in [4.78, 5) is 13.0. The van der Waals surface area contributed by atoms with E-state index in [1.165, 1.54) is 10.7 Å². The summed E-state index contributed by atoms with van der Waals surface area (Å²) in [6.07, 6.45) is 0. The summed E-state index contributed by atoms with van der Waals surface area (Å²) >= 11 is 0. The molecule has 0 spiro atoms. The Balaban J connectivity index is 1.70. The summed E-state index contributed by atoms with van der Waals surface area (Å²) in [5.74, 6) is -0.370. The van der Waals surface area contributed by atoms with E-state index < -0.39 is 11.9 Å². The van der Waals surface area contributed by atoms with Gasteiger partial charge in [0.05, 0.1) is 5.57 Å². The normalized spacial score (nSPS) is 15.9. The zero-order valence-corrected chi connectivity index (χ0v) is 14.6. The number of amides is 1. The lowest BCUT2D eigenvalue weighted by Gasteiger charge is -2.28. The van der Waals surface area contributed by atoms with Crippen molar-refractivity contribution >= 4 is 11.9 Å². The molecule has 27 heavy (non-hydrogen) atoms. The van der Waals surface area contributed by atoms with Gasteiger partial charge in [-0.25, -0.2) is 4.39 Å². The predicted octanol–water partition coefficient (Wildman–Crippen LogP) is 2.42. The van der Waals surface area contributed by atoms with E-state index in [1.54, 1.807) is 25.1 Å². The van der Waals surface area contributed by atoms with E-state index in [0.29, 0.717) is 29.3 Å². The Bertz CT molecular complexity index is 1010. The maximum atomic E-state index is 14.5. The molecule has 0 bridgehead atoms. The molecule has 0 fully saturated rings. The molecule has 4 rings (SSSR count). The number of halogens is 1. The van der Waals surface area contributed by atoms with Gasteiger partial charge in [-0.05, 0) is 29.0 Å². The highest BCUT2D eigenvalue weighted by atomic mass is 19.1. The van der Waals surface area contributed by atoms with Gasteiger partial charge >= 0.3 is 0 Å². The number of fused-ring (bicyclic) bond motifs is 1. The number of carbonyl (C=O) groups excluding carboxylic acids is 1. The maximum absolute atomic E-state index is 14.5. The van der Waals surface area contributed by atoms with Crippen molar-refractivity contribution in [2.75, 3.05) is 5.32 Å². The van der Waals surface area contributed by atoms with Crippen LogP contribution >= 0.6 is 0 Å². The molecule has 1 aliphatic heterocycles. The fraction of sp³-hybridized carbons (Fsp3) is 0.158. The van der Waals surface area contributed by atoms with E-state index in [2.05, 4.69) is 26.2 Å². The van der Waals surface area contributed by atoms with Gasteiger partial charge in [-0.1, -0.05) is 53.6 Å². The number of carbonyl (C=O) groups is 1. The van der Waals surface area contributed by atoms with E-state index in [1.807, 2.05) is 30.3 Å². The van der Waals surface area contributed by atoms with Crippen LogP contribution in [-0.2, 0) is 11.3 Å². The summed E-state index contributed by atoms with van der Waals surface area (Å²) in [5.41, 5.74) is 2.25. The lowest BCUT2D eigenvalue weighted by Crippen LogP contribution is -2.35. The highest BCUT2D eigenvalue weighted by Crippen LogP contribution is 2.35. The molecule has 136 valence electrons. The van der Waals surface area contributed by atoms with Crippen LogP contribution in [0.15, 0.2) is 65.9 Å². The monoisotopic (exact) mass is 364 g/mol. The molecule has 8 heteroatoms. The van der Waals surface area contributed by atoms with Gasteiger partial charge in [0.1, 0.15) is 11.9 Å². The largest absolute Gasteiger partial charge is 0.348 e. The third kappa shape index (κ3) is 3.17. The van der Waals surface area contributed by atoms with Crippen molar-refractivity contribution in [3.05, 3.63) is 82.8 Å². The first-order valence-corrected chi connectivity index (χ1v) is 8.47. The third-order valence-corrected chi connectivity index (χ3v) is 4.45. The molecule has 1 aromatic heterocycles. The first-order valence-electron chi connectivity index (χ1n) is 8.47. The van der Waals surface area contributed by atoms with Crippen molar-refractivity contribution in [2.45, 2.75) is 19.5 Å². The summed E-state index contributed by atoms with van der Waals surface area (Å²) < 4.78 is 16.0. The minimum absolute atomic E-state index is 0.307. The van der Waals surface area contributed by atoms with E-state index in [0.717, 1.165) is 5.56 Å². The second-order valence-corrected chi connectivity index (χ2v) is 6.20. The third-order valence-electron chi connectivity index (χ3n) is 4.45. The minimum atomic E-state index is -0.756. The lowest BCUT2D eigenvalue weighted by atomic mass is 9.94. The molecule has 1 aliphatic rings. The molecule has 7 nitrogen and oxygen atoms in total. The van der Waals surface area contributed by atoms with Gasteiger partial charge in [-0.15, -0.1) is 0 Å². The van der Waals surface area contributed by atoms with E-state index in [4.69, 9.17) is 0 Å². The van der Waals surface area contributed by atoms with Crippen LogP contribution < -0.4 is 10.6 Å². The highest BCUT2D eigenvalue weighted by Gasteiger charge is 2.35. The van der Waals surface area contributed by atoms with Crippen LogP contribution in [0.25, 0.3) is 0 Å². The number of anilines is 1. The fourth-order valence-electron chi connectivity index (χ4n) is 3.16. The van der Waals surface area contributed by atoms with Gasteiger partial charge in [0, 0.05) is 17.8 Å². The van der Waals surface area contributed by atoms with Crippen molar-refractivity contribution < 1.29 is 9.18 Å². The number of rotatable bonds is 4. The Morgan fingerprint density at radius 3 is 2.70 bits per heavy atom. The summed E-state index contributed by atoms with van der Waals surface area (Å²) in [5, 5.41) is 17.4. The molecule has 2 N–H and O–H groups in total. The van der Waals surface area contributed by atoms with Crippen LogP contribution in [0.1, 0.15) is 24.1 Å². The van der Waals surface area contributed by atoms with Crippen LogP contribution in [0.4, 0.5) is 10.3 Å². The van der Waals surface area contributed by atoms with E-state index in [-0.39, 0.29) is 5.91 Å². The predicted molar refractivity (Wildman–Crippen MR) is 97.0 cm³/mol. The molecular weight excluding hydrogens is 347 g/mol. The number of benzene rings is 2. The minimum Gasteiger partial charge on any atom is -0.348 e. The molecule has 0 saturated heterocycles. The van der Waals surface area contributed by atoms with Crippen molar-refractivity contribution in [2.24, 2.45) is 0 Å². The van der Waals surface area contributed by atoms with Crippen molar-refractivity contribution in [1.82, 2.24) is 25.5 Å². The standard InChI is InChI=1S/C19H17FN6O/c1-12-16(18(27)21-11-13-7-3-2-4-8-13)17(14-9-5-6-10-15(14)20)26-19(22-12)23-24-25-26/h2-10,17H,11H2,1H3,(H,21,27)(H,22,23,25)/t17-/m1/s1. The zero-order chi connectivity index (χ0) is 18.8. The second-order valence-electron chi connectivity index (χ2n) is 6.20. The topological polar surface area (TPSA) is 84.7 Å². The average molecular weight is 364 g/mol. The van der Waals surface area contributed by atoms with Gasteiger partial charge < -0.3 is 10.6 Å². The first kappa shape index (κ1) is 16.9. The van der Waals surface area contributed by atoms with E-state index >= 15 is 0 Å². The summed E-state index contributed by atoms with van der Waals surface area (Å²) in [6, 6.07) is 15.1. The van der Waals surface area contributed by atoms with Crippen LogP contribution in [-0.4, -0.2) is 26.1 Å². The molecular formula is C19H17FN6O. The Kier molecular flexibility index (Phi) is 4.37. The Morgan fingerprint density at radius 2 is 1.93 bits per heavy atom. The highest BCUT2D eigenvalue weighted by molar-refractivity contribution is 5.96. The SMILES string of the molecule is CC1=C(C(=O)NCc2ccccc2)[C@@H](c2ccccc2F)n2nnnc2N1. The number of aromatic nitrogens is 4. The number of tetrazole rings is 1. The summed E-state index contributed by atoms with van der Waals surface area (Å²) in [7, 11) is 0. The molecule has 3 aromatic rings. The molecule has 1 atom stereocenters. The Morgan fingerprint density at radius 1 is 1.19 bits per heavy atom. The van der Waals surface area contributed by atoms with Gasteiger partial charge in [0.25, 0.3) is 5.91 Å². The molecule has 1 amide bonds. The Hall–Kier alpha value is -3.55. The molecule has 0 saturated carbocycles. The molecule has 0 unspecified atom stereocenters. The number of nitrogens with one attached hydrogen (secondary N) is 2. The van der Waals surface area contributed by atoms with Crippen molar-refractivity contribution in [3.63, 3.8) is 0 Å². The fourth-order valence-corrected chi connectivity index (χ4v) is 3.16. The second kappa shape index (κ2) is 6.99. The van der Waals surface area contributed by atoms with Gasteiger partial charge in [-0.3, -0.25) is 4.79 Å². The average Bonchev–Trinajstić information content (AvgIpc) is 3.14. The molecule has 2 aromatic carbocycles. The zero-order valence-electron chi connectivity index (χ0n) is 14.6. The first-order chi connectivity index (χ1) is 13.1. The lowest BCUT2D eigenvalue weighted by molar-refractivity contribution is -0.118. The van der Waals surface area contributed by atoms with Crippen molar-refractivity contribution in [1.29, 1.82) is 0 Å². The van der Waals surface area contributed by atoms with Crippen LogP contribution in [0.5, 0.6) is 0 Å². The maximum Gasteiger partial charge on any atom is 0.251 e. The number of hydrogen-bond donors (Lipinski definition) is 2.